The average Bonchev–Trinajstić information content (AvgIpc) is 2.63. The Morgan fingerprint density at radius 3 is 2.32 bits per heavy atom. The van der Waals surface area contributed by atoms with E-state index in [0.29, 0.717) is 6.54 Å². The van der Waals surface area contributed by atoms with Crippen LogP contribution in [0.1, 0.15) is 22.6 Å². The van der Waals surface area contributed by atoms with E-state index in [0.717, 1.165) is 24.5 Å². The predicted octanol–water partition coefficient (Wildman–Crippen LogP) is 3.10. The first kappa shape index (κ1) is 21.4. The van der Waals surface area contributed by atoms with Crippen molar-refractivity contribution in [3.63, 3.8) is 0 Å². The van der Waals surface area contributed by atoms with Crippen LogP contribution in [0, 0.1) is 6.92 Å². The molecule has 0 aliphatic heterocycles. The molecular weight excluding hydrogens is 425 g/mol. The molecule has 0 amide bonds. The number of nitrogens with one attached hydrogen (secondary N) is 2. The van der Waals surface area contributed by atoms with Gasteiger partial charge in [0.2, 0.25) is 0 Å². The summed E-state index contributed by atoms with van der Waals surface area (Å²) in [7, 11) is 1.76. The fourth-order valence-corrected chi connectivity index (χ4v) is 2.53. The molecule has 1 atom stereocenters. The Kier molecular flexibility index (Phi) is 10.2. The second-order valence-electron chi connectivity index (χ2n) is 5.91. The number of aryl methyl sites for hydroxylation is 1. The molecule has 4 nitrogen and oxygen atoms in total. The van der Waals surface area contributed by atoms with Crippen LogP contribution in [0.4, 0.5) is 0 Å². The van der Waals surface area contributed by atoms with Crippen molar-refractivity contribution in [2.24, 2.45) is 4.99 Å². The number of rotatable bonds is 7. The van der Waals surface area contributed by atoms with Crippen molar-refractivity contribution in [2.75, 3.05) is 26.7 Å². The average molecular weight is 453 g/mol. The van der Waals surface area contributed by atoms with Crippen molar-refractivity contribution in [1.82, 2.24) is 10.6 Å². The number of aliphatic hydroxyl groups excluding tert-OH is 1. The summed E-state index contributed by atoms with van der Waals surface area (Å²) in [5.74, 6) is 0.818. The molecule has 0 aromatic heterocycles. The fourth-order valence-electron chi connectivity index (χ4n) is 2.53. The summed E-state index contributed by atoms with van der Waals surface area (Å²) in [4.78, 5) is 4.25. The highest BCUT2D eigenvalue weighted by atomic mass is 127. The van der Waals surface area contributed by atoms with E-state index in [-0.39, 0.29) is 36.5 Å². The lowest BCUT2D eigenvalue weighted by Gasteiger charge is -2.18. The molecule has 0 fully saturated rings. The van der Waals surface area contributed by atoms with Gasteiger partial charge in [0.15, 0.2) is 5.96 Å². The molecule has 0 heterocycles. The first-order valence-electron chi connectivity index (χ1n) is 8.38. The largest absolute Gasteiger partial charge is 0.396 e. The topological polar surface area (TPSA) is 56.7 Å². The minimum Gasteiger partial charge on any atom is -0.396 e. The zero-order chi connectivity index (χ0) is 17.2. The second-order valence-corrected chi connectivity index (χ2v) is 5.91. The van der Waals surface area contributed by atoms with Crippen molar-refractivity contribution in [3.8, 4) is 0 Å². The van der Waals surface area contributed by atoms with Crippen LogP contribution < -0.4 is 10.6 Å². The van der Waals surface area contributed by atoms with Crippen molar-refractivity contribution in [1.29, 1.82) is 0 Å². The number of aliphatic hydroxyl groups is 1. The van der Waals surface area contributed by atoms with Crippen molar-refractivity contribution < 1.29 is 5.11 Å². The van der Waals surface area contributed by atoms with Crippen molar-refractivity contribution in [3.05, 3.63) is 71.3 Å². The minimum absolute atomic E-state index is 0. The minimum atomic E-state index is 0. The molecule has 0 saturated carbocycles. The molecule has 25 heavy (non-hydrogen) atoms. The second kappa shape index (κ2) is 11.9. The number of guanidine groups is 1. The van der Waals surface area contributed by atoms with Crippen LogP contribution in [-0.2, 0) is 6.42 Å². The summed E-state index contributed by atoms with van der Waals surface area (Å²) >= 11 is 0. The molecule has 0 radical (unpaired) electrons. The van der Waals surface area contributed by atoms with Crippen LogP contribution in [0.25, 0.3) is 0 Å². The van der Waals surface area contributed by atoms with Gasteiger partial charge in [-0.2, -0.15) is 0 Å². The standard InChI is InChI=1S/C20H27N3O.HI/c1-16-8-10-17(11-9-16)12-13-22-20(21-2)23-14-19(15-24)18-6-4-3-5-7-18;/h3-11,19,24H,12-15H2,1-2H3,(H2,21,22,23);1H. The van der Waals surface area contributed by atoms with E-state index in [4.69, 9.17) is 0 Å². The van der Waals surface area contributed by atoms with Crippen LogP contribution in [0.5, 0.6) is 0 Å². The Balaban J connectivity index is 0.00000312. The van der Waals surface area contributed by atoms with E-state index in [9.17, 15) is 5.11 Å². The van der Waals surface area contributed by atoms with Gasteiger partial charge in [-0.25, -0.2) is 0 Å². The van der Waals surface area contributed by atoms with Gasteiger partial charge < -0.3 is 15.7 Å². The van der Waals surface area contributed by atoms with Crippen molar-refractivity contribution in [2.45, 2.75) is 19.3 Å². The van der Waals surface area contributed by atoms with Gasteiger partial charge in [-0.1, -0.05) is 60.2 Å². The highest BCUT2D eigenvalue weighted by Crippen LogP contribution is 2.13. The third-order valence-electron chi connectivity index (χ3n) is 4.06. The molecule has 2 aromatic rings. The highest BCUT2D eigenvalue weighted by Gasteiger charge is 2.10. The zero-order valence-corrected chi connectivity index (χ0v) is 17.2. The smallest absolute Gasteiger partial charge is 0.191 e. The molecule has 2 rings (SSSR count). The maximum atomic E-state index is 9.61. The van der Waals surface area contributed by atoms with Gasteiger partial charge in [0.1, 0.15) is 0 Å². The van der Waals surface area contributed by atoms with Crippen LogP contribution in [0.15, 0.2) is 59.6 Å². The molecule has 5 heteroatoms. The summed E-state index contributed by atoms with van der Waals surface area (Å²) in [5.41, 5.74) is 3.71. The van der Waals surface area contributed by atoms with Gasteiger partial charge in [-0.3, -0.25) is 4.99 Å². The van der Waals surface area contributed by atoms with E-state index >= 15 is 0 Å². The maximum Gasteiger partial charge on any atom is 0.191 e. The maximum absolute atomic E-state index is 9.61. The molecule has 0 bridgehead atoms. The lowest BCUT2D eigenvalue weighted by atomic mass is 10.0. The molecule has 0 aliphatic carbocycles. The van der Waals surface area contributed by atoms with Crippen LogP contribution in [0.2, 0.25) is 0 Å². The molecule has 136 valence electrons. The Bertz CT molecular complexity index is 629. The summed E-state index contributed by atoms with van der Waals surface area (Å²) in [6.45, 7) is 3.66. The molecule has 0 saturated heterocycles. The normalized spacial score (nSPS) is 12.2. The van der Waals surface area contributed by atoms with E-state index in [1.807, 2.05) is 30.3 Å². The first-order valence-corrected chi connectivity index (χ1v) is 8.38. The van der Waals surface area contributed by atoms with Crippen molar-refractivity contribution >= 4 is 29.9 Å². The summed E-state index contributed by atoms with van der Waals surface area (Å²) in [6, 6.07) is 18.6. The molecule has 0 aliphatic rings. The number of halogens is 1. The molecule has 2 aromatic carbocycles. The number of benzene rings is 2. The van der Waals surface area contributed by atoms with Gasteiger partial charge >= 0.3 is 0 Å². The first-order chi connectivity index (χ1) is 11.7. The Morgan fingerprint density at radius 1 is 1.04 bits per heavy atom. The van der Waals surface area contributed by atoms with E-state index < -0.39 is 0 Å². The van der Waals surface area contributed by atoms with Gasteiger partial charge in [0, 0.05) is 26.1 Å². The van der Waals surface area contributed by atoms with E-state index in [1.165, 1.54) is 11.1 Å². The number of hydrogen-bond acceptors (Lipinski definition) is 2. The Labute approximate surface area is 167 Å². The monoisotopic (exact) mass is 453 g/mol. The SMILES string of the molecule is CN=C(NCCc1ccc(C)cc1)NCC(CO)c1ccccc1.I. The summed E-state index contributed by atoms with van der Waals surface area (Å²) in [6.07, 6.45) is 0.948. The van der Waals surface area contributed by atoms with E-state index in [2.05, 4.69) is 46.8 Å². The molecule has 1 unspecified atom stereocenters. The highest BCUT2D eigenvalue weighted by molar-refractivity contribution is 14.0. The Hall–Kier alpha value is -1.60. The number of nitrogens with zero attached hydrogens (tertiary/aromatic N) is 1. The molecule has 3 N–H and O–H groups in total. The quantitative estimate of drug-likeness (QED) is 0.343. The lowest BCUT2D eigenvalue weighted by Crippen LogP contribution is -2.40. The van der Waals surface area contributed by atoms with Crippen LogP contribution in [0.3, 0.4) is 0 Å². The predicted molar refractivity (Wildman–Crippen MR) is 116 cm³/mol. The summed E-state index contributed by atoms with van der Waals surface area (Å²) in [5, 5.41) is 16.2. The molecule has 0 spiro atoms. The molecular formula is C20H28IN3O. The van der Waals surface area contributed by atoms with Crippen LogP contribution in [-0.4, -0.2) is 37.8 Å². The third kappa shape index (κ3) is 7.44. The van der Waals surface area contributed by atoms with Crippen LogP contribution >= 0.6 is 24.0 Å². The van der Waals surface area contributed by atoms with Gasteiger partial charge in [-0.15, -0.1) is 24.0 Å². The van der Waals surface area contributed by atoms with E-state index in [1.54, 1.807) is 7.05 Å². The van der Waals surface area contributed by atoms with Gasteiger partial charge in [0.05, 0.1) is 6.61 Å². The lowest BCUT2D eigenvalue weighted by molar-refractivity contribution is 0.265. The fraction of sp³-hybridized carbons (Fsp3) is 0.350. The van der Waals surface area contributed by atoms with Gasteiger partial charge in [-0.05, 0) is 24.5 Å². The summed E-state index contributed by atoms with van der Waals surface area (Å²) < 4.78 is 0. The third-order valence-corrected chi connectivity index (χ3v) is 4.06. The zero-order valence-electron chi connectivity index (χ0n) is 14.9. The Morgan fingerprint density at radius 2 is 1.72 bits per heavy atom. The number of hydrogen-bond donors (Lipinski definition) is 3. The van der Waals surface area contributed by atoms with Gasteiger partial charge in [0.25, 0.3) is 0 Å². The number of aliphatic imine (C=N–C) groups is 1.